The summed E-state index contributed by atoms with van der Waals surface area (Å²) in [5.41, 5.74) is -2.59. The summed E-state index contributed by atoms with van der Waals surface area (Å²) in [6, 6.07) is 0. The standard InChI is InChI=1S/C5H7F3O2/c6-5(7,8)4(9)1-2-10-3-4/h9H,1-3H2/t4-/m0/s1. The molecule has 0 aromatic heterocycles. The Bertz CT molecular complexity index is 125. The van der Waals surface area contributed by atoms with Crippen LogP contribution in [0.3, 0.4) is 0 Å². The monoisotopic (exact) mass is 156 g/mol. The molecule has 0 aliphatic carbocycles. The van der Waals surface area contributed by atoms with Crippen molar-refractivity contribution in [1.82, 2.24) is 0 Å². The van der Waals surface area contributed by atoms with E-state index in [0.717, 1.165) is 0 Å². The zero-order valence-electron chi connectivity index (χ0n) is 5.11. The van der Waals surface area contributed by atoms with E-state index in [0.29, 0.717) is 0 Å². The van der Waals surface area contributed by atoms with Crippen LogP contribution in [-0.4, -0.2) is 30.1 Å². The molecule has 0 saturated carbocycles. The number of hydrogen-bond acceptors (Lipinski definition) is 2. The third kappa shape index (κ3) is 1.11. The summed E-state index contributed by atoms with van der Waals surface area (Å²) in [6.45, 7) is -0.646. The lowest BCUT2D eigenvalue weighted by Crippen LogP contribution is -2.45. The van der Waals surface area contributed by atoms with Gasteiger partial charge in [-0.3, -0.25) is 0 Å². The highest BCUT2D eigenvalue weighted by Gasteiger charge is 2.55. The van der Waals surface area contributed by atoms with E-state index >= 15 is 0 Å². The molecule has 0 aromatic rings. The molecule has 10 heavy (non-hydrogen) atoms. The van der Waals surface area contributed by atoms with Crippen LogP contribution >= 0.6 is 0 Å². The first-order valence-electron chi connectivity index (χ1n) is 2.83. The summed E-state index contributed by atoms with van der Waals surface area (Å²) in [5.74, 6) is 0. The molecule has 1 aliphatic rings. The van der Waals surface area contributed by atoms with E-state index in [1.165, 1.54) is 0 Å². The summed E-state index contributed by atoms with van der Waals surface area (Å²) >= 11 is 0. The van der Waals surface area contributed by atoms with Crippen molar-refractivity contribution in [1.29, 1.82) is 0 Å². The van der Waals surface area contributed by atoms with Gasteiger partial charge in [-0.1, -0.05) is 0 Å². The number of ether oxygens (including phenoxy) is 1. The van der Waals surface area contributed by atoms with Crippen LogP contribution in [0, 0.1) is 0 Å². The third-order valence-electron chi connectivity index (χ3n) is 1.53. The molecular weight excluding hydrogens is 149 g/mol. The molecule has 0 radical (unpaired) electrons. The molecule has 2 nitrogen and oxygen atoms in total. The number of hydrogen-bond donors (Lipinski definition) is 1. The van der Waals surface area contributed by atoms with Crippen molar-refractivity contribution in [3.05, 3.63) is 0 Å². The Balaban J connectivity index is 2.67. The van der Waals surface area contributed by atoms with E-state index in [1.807, 2.05) is 0 Å². The summed E-state index contributed by atoms with van der Waals surface area (Å²) < 4.78 is 39.9. The van der Waals surface area contributed by atoms with Crippen molar-refractivity contribution in [2.75, 3.05) is 13.2 Å². The van der Waals surface area contributed by atoms with Crippen LogP contribution in [0.2, 0.25) is 0 Å². The molecule has 1 rings (SSSR count). The van der Waals surface area contributed by atoms with Gasteiger partial charge in [-0.25, -0.2) is 0 Å². The van der Waals surface area contributed by atoms with Gasteiger partial charge in [0.15, 0.2) is 5.60 Å². The van der Waals surface area contributed by atoms with Crippen LogP contribution < -0.4 is 0 Å². The fraction of sp³-hybridized carbons (Fsp3) is 1.00. The number of aliphatic hydroxyl groups is 1. The fourth-order valence-corrected chi connectivity index (χ4v) is 0.778. The lowest BCUT2D eigenvalue weighted by molar-refractivity contribution is -0.257. The van der Waals surface area contributed by atoms with Crippen molar-refractivity contribution in [2.24, 2.45) is 0 Å². The summed E-state index contributed by atoms with van der Waals surface area (Å²) in [7, 11) is 0. The van der Waals surface area contributed by atoms with Crippen molar-refractivity contribution >= 4 is 0 Å². The van der Waals surface area contributed by atoms with Crippen LogP contribution in [-0.2, 0) is 4.74 Å². The maximum Gasteiger partial charge on any atom is 0.419 e. The van der Waals surface area contributed by atoms with Gasteiger partial charge in [0.2, 0.25) is 0 Å². The fourth-order valence-electron chi connectivity index (χ4n) is 0.778. The zero-order chi connectivity index (χ0) is 7.83. The second kappa shape index (κ2) is 2.10. The van der Waals surface area contributed by atoms with E-state index in [2.05, 4.69) is 4.74 Å². The Kier molecular flexibility index (Phi) is 1.64. The van der Waals surface area contributed by atoms with E-state index < -0.39 is 18.4 Å². The van der Waals surface area contributed by atoms with Gasteiger partial charge in [-0.15, -0.1) is 0 Å². The SMILES string of the molecule is O[C@@]1(C(F)(F)F)CCOC1. The Morgan fingerprint density at radius 1 is 1.40 bits per heavy atom. The Labute approximate surface area is 55.6 Å². The van der Waals surface area contributed by atoms with Crippen LogP contribution in [0.25, 0.3) is 0 Å². The molecule has 0 aromatic carbocycles. The minimum absolute atomic E-state index is 0.0178. The molecule has 0 amide bonds. The van der Waals surface area contributed by atoms with Crippen LogP contribution in [0.5, 0.6) is 0 Å². The minimum Gasteiger partial charge on any atom is -0.379 e. The molecule has 0 unspecified atom stereocenters. The van der Waals surface area contributed by atoms with E-state index in [-0.39, 0.29) is 13.0 Å². The van der Waals surface area contributed by atoms with Crippen molar-refractivity contribution in [3.8, 4) is 0 Å². The Morgan fingerprint density at radius 2 is 2.00 bits per heavy atom. The van der Waals surface area contributed by atoms with Crippen molar-refractivity contribution in [3.63, 3.8) is 0 Å². The molecule has 5 heteroatoms. The third-order valence-corrected chi connectivity index (χ3v) is 1.53. The zero-order valence-corrected chi connectivity index (χ0v) is 5.11. The Morgan fingerprint density at radius 3 is 2.20 bits per heavy atom. The predicted octanol–water partition coefficient (Wildman–Crippen LogP) is 0.700. The molecule has 1 saturated heterocycles. The lowest BCUT2D eigenvalue weighted by atomic mass is 10.0. The topological polar surface area (TPSA) is 29.5 Å². The maximum absolute atomic E-state index is 11.8. The first-order valence-corrected chi connectivity index (χ1v) is 2.83. The highest BCUT2D eigenvalue weighted by Crippen LogP contribution is 2.36. The van der Waals surface area contributed by atoms with Gasteiger partial charge in [0.05, 0.1) is 6.61 Å². The molecule has 60 valence electrons. The molecule has 1 fully saturated rings. The van der Waals surface area contributed by atoms with E-state index in [9.17, 15) is 13.2 Å². The summed E-state index contributed by atoms with van der Waals surface area (Å²) in [5, 5.41) is 8.78. The van der Waals surface area contributed by atoms with E-state index in [1.54, 1.807) is 0 Å². The maximum atomic E-state index is 11.8. The van der Waals surface area contributed by atoms with Crippen molar-refractivity contribution < 1.29 is 23.0 Å². The number of halogens is 3. The molecule has 1 aliphatic heterocycles. The molecule has 0 spiro atoms. The van der Waals surface area contributed by atoms with Gasteiger partial charge in [0.1, 0.15) is 0 Å². The second-order valence-electron chi connectivity index (χ2n) is 2.33. The highest BCUT2D eigenvalue weighted by atomic mass is 19.4. The van der Waals surface area contributed by atoms with Crippen LogP contribution in [0.1, 0.15) is 6.42 Å². The molecular formula is C5H7F3O2. The van der Waals surface area contributed by atoms with E-state index in [4.69, 9.17) is 5.11 Å². The quantitative estimate of drug-likeness (QED) is 0.559. The largest absolute Gasteiger partial charge is 0.419 e. The first-order chi connectivity index (χ1) is 4.46. The second-order valence-corrected chi connectivity index (χ2v) is 2.33. The normalized spacial score (nSPS) is 34.8. The van der Waals surface area contributed by atoms with Gasteiger partial charge >= 0.3 is 6.18 Å². The smallest absolute Gasteiger partial charge is 0.379 e. The van der Waals surface area contributed by atoms with Gasteiger partial charge in [0.25, 0.3) is 0 Å². The molecule has 1 atom stereocenters. The lowest BCUT2D eigenvalue weighted by Gasteiger charge is -2.23. The Hall–Kier alpha value is -0.290. The van der Waals surface area contributed by atoms with Gasteiger partial charge in [-0.2, -0.15) is 13.2 Å². The molecule has 0 bridgehead atoms. The average molecular weight is 156 g/mol. The number of rotatable bonds is 0. The summed E-state index contributed by atoms with van der Waals surface area (Å²) in [4.78, 5) is 0. The first kappa shape index (κ1) is 7.81. The van der Waals surface area contributed by atoms with Gasteiger partial charge in [0, 0.05) is 13.0 Å². The van der Waals surface area contributed by atoms with Gasteiger partial charge in [-0.05, 0) is 0 Å². The minimum atomic E-state index is -4.55. The van der Waals surface area contributed by atoms with Gasteiger partial charge < -0.3 is 9.84 Å². The highest BCUT2D eigenvalue weighted by molar-refractivity contribution is 4.89. The van der Waals surface area contributed by atoms with Crippen molar-refractivity contribution in [2.45, 2.75) is 18.2 Å². The molecule has 1 N–H and O–H groups in total. The van der Waals surface area contributed by atoms with Crippen LogP contribution in [0.4, 0.5) is 13.2 Å². The average Bonchev–Trinajstić information content (AvgIpc) is 2.13. The summed E-state index contributed by atoms with van der Waals surface area (Å²) in [6.07, 6.45) is -4.90. The predicted molar refractivity (Wildman–Crippen MR) is 26.4 cm³/mol. The number of alkyl halides is 3. The molecule has 1 heterocycles. The van der Waals surface area contributed by atoms with Crippen LogP contribution in [0.15, 0.2) is 0 Å².